The molecule has 0 radical (unpaired) electrons. The first-order valence-electron chi connectivity index (χ1n) is 6.91. The van der Waals surface area contributed by atoms with Crippen LogP contribution in [0.5, 0.6) is 0 Å². The van der Waals surface area contributed by atoms with Crippen LogP contribution in [0.25, 0.3) is 0 Å². The Morgan fingerprint density at radius 1 is 1.25 bits per heavy atom. The molecule has 0 saturated heterocycles. The Morgan fingerprint density at radius 3 is 2.15 bits per heavy atom. The Hall–Kier alpha value is -1.06. The fourth-order valence-electron chi connectivity index (χ4n) is 2.00. The summed E-state index contributed by atoms with van der Waals surface area (Å²) in [5, 5.41) is 0. The fourth-order valence-corrected chi connectivity index (χ4v) is 2.00. The second-order valence-electron chi connectivity index (χ2n) is 6.09. The van der Waals surface area contributed by atoms with Crippen molar-refractivity contribution in [2.75, 3.05) is 11.9 Å². The Kier molecular flexibility index (Phi) is 7.25. The number of rotatable bonds is 4. The molecular formula is C16H27ClN2O. The molecule has 2 N–H and O–H groups in total. The van der Waals surface area contributed by atoms with Crippen LogP contribution >= 0.6 is 12.4 Å². The SMILES string of the molecule is CCCC(N)C(=O)N(C)c1ccc(C(C)(C)C)cc1.Cl. The number of likely N-dealkylation sites (N-methyl/N-ethyl adjacent to an activating group) is 1. The van der Waals surface area contributed by atoms with Gasteiger partial charge in [0.05, 0.1) is 6.04 Å². The lowest BCUT2D eigenvalue weighted by Gasteiger charge is -2.23. The van der Waals surface area contributed by atoms with Gasteiger partial charge in [0.15, 0.2) is 0 Å². The summed E-state index contributed by atoms with van der Waals surface area (Å²) in [5.41, 5.74) is 8.15. The first-order valence-corrected chi connectivity index (χ1v) is 6.91. The van der Waals surface area contributed by atoms with Crippen molar-refractivity contribution in [3.05, 3.63) is 29.8 Å². The van der Waals surface area contributed by atoms with Gasteiger partial charge < -0.3 is 10.6 Å². The minimum atomic E-state index is -0.405. The lowest BCUT2D eigenvalue weighted by molar-refractivity contribution is -0.119. The van der Waals surface area contributed by atoms with Crippen molar-refractivity contribution in [2.45, 2.75) is 52.0 Å². The maximum atomic E-state index is 12.1. The van der Waals surface area contributed by atoms with Crippen LogP contribution in [0.15, 0.2) is 24.3 Å². The number of hydrogen-bond donors (Lipinski definition) is 1. The first-order chi connectivity index (χ1) is 8.77. The molecule has 0 spiro atoms. The molecule has 0 aromatic heterocycles. The van der Waals surface area contributed by atoms with Gasteiger partial charge >= 0.3 is 0 Å². The highest BCUT2D eigenvalue weighted by atomic mass is 35.5. The average Bonchev–Trinajstić information content (AvgIpc) is 2.36. The highest BCUT2D eigenvalue weighted by molar-refractivity contribution is 5.96. The Bertz CT molecular complexity index is 423. The summed E-state index contributed by atoms with van der Waals surface area (Å²) in [5.74, 6) is -0.0228. The number of amides is 1. The van der Waals surface area contributed by atoms with E-state index < -0.39 is 6.04 Å². The standard InChI is InChI=1S/C16H26N2O.ClH/c1-6-7-14(17)15(19)18(5)13-10-8-12(9-11-13)16(2,3)4;/h8-11,14H,6-7,17H2,1-5H3;1H. The van der Waals surface area contributed by atoms with Gasteiger partial charge in [0.2, 0.25) is 5.91 Å². The van der Waals surface area contributed by atoms with E-state index in [0.29, 0.717) is 0 Å². The van der Waals surface area contributed by atoms with E-state index in [1.807, 2.05) is 19.1 Å². The maximum Gasteiger partial charge on any atom is 0.243 e. The minimum absolute atomic E-state index is 0. The van der Waals surface area contributed by atoms with Crippen LogP contribution < -0.4 is 10.6 Å². The fraction of sp³-hybridized carbons (Fsp3) is 0.562. The zero-order valence-corrected chi connectivity index (χ0v) is 14.0. The summed E-state index contributed by atoms with van der Waals surface area (Å²) < 4.78 is 0. The van der Waals surface area contributed by atoms with E-state index in [9.17, 15) is 4.79 Å². The number of nitrogens with two attached hydrogens (primary N) is 1. The summed E-state index contributed by atoms with van der Waals surface area (Å²) in [6, 6.07) is 7.71. The lowest BCUT2D eigenvalue weighted by Crippen LogP contribution is -2.41. The number of benzene rings is 1. The maximum absolute atomic E-state index is 12.1. The normalized spacial score (nSPS) is 12.5. The summed E-state index contributed by atoms with van der Waals surface area (Å²) in [6.45, 7) is 8.56. The molecule has 1 amide bonds. The molecule has 20 heavy (non-hydrogen) atoms. The highest BCUT2D eigenvalue weighted by Gasteiger charge is 2.19. The van der Waals surface area contributed by atoms with Crippen LogP contribution in [0, 0.1) is 0 Å². The number of carbonyl (C=O) groups excluding carboxylic acids is 1. The van der Waals surface area contributed by atoms with E-state index in [-0.39, 0.29) is 23.7 Å². The molecular weight excluding hydrogens is 272 g/mol. The molecule has 0 fully saturated rings. The van der Waals surface area contributed by atoms with Crippen LogP contribution in [0.3, 0.4) is 0 Å². The van der Waals surface area contributed by atoms with Crippen molar-refractivity contribution in [1.82, 2.24) is 0 Å². The molecule has 1 aromatic rings. The quantitative estimate of drug-likeness (QED) is 0.925. The van der Waals surface area contributed by atoms with Crippen molar-refractivity contribution in [1.29, 1.82) is 0 Å². The van der Waals surface area contributed by atoms with E-state index in [0.717, 1.165) is 18.5 Å². The predicted octanol–water partition coefficient (Wildman–Crippen LogP) is 3.50. The summed E-state index contributed by atoms with van der Waals surface area (Å²) >= 11 is 0. The minimum Gasteiger partial charge on any atom is -0.320 e. The zero-order chi connectivity index (χ0) is 14.6. The number of hydrogen-bond acceptors (Lipinski definition) is 2. The molecule has 1 rings (SSSR count). The third-order valence-electron chi connectivity index (χ3n) is 3.37. The molecule has 3 nitrogen and oxygen atoms in total. The van der Waals surface area contributed by atoms with E-state index in [1.165, 1.54) is 5.56 Å². The van der Waals surface area contributed by atoms with E-state index in [2.05, 4.69) is 32.9 Å². The lowest BCUT2D eigenvalue weighted by atomic mass is 9.87. The second kappa shape index (κ2) is 7.65. The van der Waals surface area contributed by atoms with Crippen molar-refractivity contribution >= 4 is 24.0 Å². The van der Waals surface area contributed by atoms with Crippen molar-refractivity contribution in [2.24, 2.45) is 5.73 Å². The molecule has 0 heterocycles. The van der Waals surface area contributed by atoms with E-state index >= 15 is 0 Å². The predicted molar refractivity (Wildman–Crippen MR) is 88.7 cm³/mol. The number of anilines is 1. The molecule has 0 bridgehead atoms. The number of nitrogens with zero attached hydrogens (tertiary/aromatic N) is 1. The topological polar surface area (TPSA) is 46.3 Å². The van der Waals surface area contributed by atoms with Gasteiger partial charge in [0, 0.05) is 12.7 Å². The number of carbonyl (C=O) groups is 1. The van der Waals surface area contributed by atoms with Gasteiger partial charge in [-0.25, -0.2) is 0 Å². The smallest absolute Gasteiger partial charge is 0.243 e. The summed E-state index contributed by atoms with van der Waals surface area (Å²) in [6.07, 6.45) is 1.65. The second-order valence-corrected chi connectivity index (χ2v) is 6.09. The summed E-state index contributed by atoms with van der Waals surface area (Å²) in [4.78, 5) is 13.8. The highest BCUT2D eigenvalue weighted by Crippen LogP contribution is 2.24. The molecule has 4 heteroatoms. The monoisotopic (exact) mass is 298 g/mol. The van der Waals surface area contributed by atoms with Gasteiger partial charge in [-0.2, -0.15) is 0 Å². The first kappa shape index (κ1) is 18.9. The van der Waals surface area contributed by atoms with Crippen molar-refractivity contribution < 1.29 is 4.79 Å². The molecule has 1 atom stereocenters. The summed E-state index contributed by atoms with van der Waals surface area (Å²) in [7, 11) is 1.78. The van der Waals surface area contributed by atoms with Gasteiger partial charge in [-0.15, -0.1) is 12.4 Å². The van der Waals surface area contributed by atoms with Gasteiger partial charge in [0.1, 0.15) is 0 Å². The van der Waals surface area contributed by atoms with Crippen LogP contribution in [-0.4, -0.2) is 19.0 Å². The third-order valence-corrected chi connectivity index (χ3v) is 3.37. The third kappa shape index (κ3) is 4.80. The Labute approximate surface area is 128 Å². The zero-order valence-electron chi connectivity index (χ0n) is 13.1. The van der Waals surface area contributed by atoms with Gasteiger partial charge in [0.25, 0.3) is 0 Å². The molecule has 0 aliphatic rings. The molecule has 1 unspecified atom stereocenters. The van der Waals surface area contributed by atoms with Crippen molar-refractivity contribution in [3.8, 4) is 0 Å². The molecule has 114 valence electrons. The molecule has 1 aromatic carbocycles. The van der Waals surface area contributed by atoms with Crippen LogP contribution in [-0.2, 0) is 10.2 Å². The van der Waals surface area contributed by atoms with Crippen LogP contribution in [0.1, 0.15) is 46.1 Å². The van der Waals surface area contributed by atoms with Crippen LogP contribution in [0.2, 0.25) is 0 Å². The largest absolute Gasteiger partial charge is 0.320 e. The van der Waals surface area contributed by atoms with Gasteiger partial charge in [-0.05, 0) is 29.5 Å². The van der Waals surface area contributed by atoms with Crippen LogP contribution in [0.4, 0.5) is 5.69 Å². The molecule has 0 aliphatic heterocycles. The average molecular weight is 299 g/mol. The van der Waals surface area contributed by atoms with E-state index in [1.54, 1.807) is 11.9 Å². The molecule has 0 aliphatic carbocycles. The van der Waals surface area contributed by atoms with Crippen molar-refractivity contribution in [3.63, 3.8) is 0 Å². The van der Waals surface area contributed by atoms with Gasteiger partial charge in [-0.1, -0.05) is 46.2 Å². The Balaban J connectivity index is 0.00000361. The van der Waals surface area contributed by atoms with E-state index in [4.69, 9.17) is 5.73 Å². The number of halogens is 1. The molecule has 0 saturated carbocycles. The van der Waals surface area contributed by atoms with Gasteiger partial charge in [-0.3, -0.25) is 4.79 Å². The Morgan fingerprint density at radius 2 is 1.75 bits per heavy atom.